The summed E-state index contributed by atoms with van der Waals surface area (Å²) >= 11 is 0. The summed E-state index contributed by atoms with van der Waals surface area (Å²) in [6, 6.07) is 8.92. The second-order valence-electron chi connectivity index (χ2n) is 4.85. The molecule has 0 unspecified atom stereocenters. The number of nitrogens with zero attached hydrogens (tertiary/aromatic N) is 1. The third kappa shape index (κ3) is 2.74. The van der Waals surface area contributed by atoms with Crippen molar-refractivity contribution in [2.24, 2.45) is 0 Å². The molecule has 0 radical (unpaired) electrons. The number of anilines is 1. The summed E-state index contributed by atoms with van der Waals surface area (Å²) in [5, 5.41) is 11.4. The highest BCUT2D eigenvalue weighted by atomic mass is 16.5. The second-order valence-corrected chi connectivity index (χ2v) is 4.85. The normalized spacial score (nSPS) is 13.5. The minimum Gasteiger partial charge on any atom is -0.508 e. The molecule has 3 N–H and O–H groups in total. The van der Waals surface area contributed by atoms with Gasteiger partial charge < -0.3 is 20.3 Å². The van der Waals surface area contributed by atoms with Crippen LogP contribution in [0.15, 0.2) is 48.0 Å². The van der Waals surface area contributed by atoms with Gasteiger partial charge in [-0.15, -0.1) is 0 Å². The van der Waals surface area contributed by atoms with Gasteiger partial charge in [0.25, 0.3) is 0 Å². The number of benzene rings is 1. The maximum atomic E-state index is 9.94. The molecule has 1 aliphatic carbocycles. The van der Waals surface area contributed by atoms with Gasteiger partial charge in [0.05, 0.1) is 12.5 Å². The average molecular weight is 296 g/mol. The van der Waals surface area contributed by atoms with E-state index in [4.69, 9.17) is 15.2 Å². The van der Waals surface area contributed by atoms with Crippen molar-refractivity contribution in [3.05, 3.63) is 58.6 Å². The van der Waals surface area contributed by atoms with Gasteiger partial charge in [-0.25, -0.2) is 0 Å². The Hall–Kier alpha value is -2.95. The summed E-state index contributed by atoms with van der Waals surface area (Å²) in [5.74, 6) is 1.88. The monoisotopic (exact) mass is 296 g/mol. The summed E-state index contributed by atoms with van der Waals surface area (Å²) in [5.41, 5.74) is 6.35. The molecule has 0 fully saturated rings. The van der Waals surface area contributed by atoms with E-state index < -0.39 is 0 Å². The highest BCUT2D eigenvalue weighted by Crippen LogP contribution is 2.19. The number of allylic oxidation sites excluding steroid dienone is 2. The molecule has 5 heteroatoms. The van der Waals surface area contributed by atoms with E-state index in [1.807, 2.05) is 6.08 Å². The summed E-state index contributed by atoms with van der Waals surface area (Å²) in [6.45, 7) is 0. The first kappa shape index (κ1) is 14.0. The number of rotatable bonds is 3. The molecule has 0 amide bonds. The Morgan fingerprint density at radius 2 is 1.95 bits per heavy atom. The average Bonchev–Trinajstić information content (AvgIpc) is 2.69. The number of aliphatic hydroxyl groups is 1. The quantitative estimate of drug-likeness (QED) is 0.845. The Kier molecular flexibility index (Phi) is 3.70. The predicted octanol–water partition coefficient (Wildman–Crippen LogP) is 1.84. The van der Waals surface area contributed by atoms with Crippen LogP contribution < -0.4 is 21.0 Å². The molecule has 0 aliphatic heterocycles. The van der Waals surface area contributed by atoms with Crippen molar-refractivity contribution in [1.82, 2.24) is 4.98 Å². The number of aliphatic hydroxyl groups excluding tert-OH is 1. The lowest BCUT2D eigenvalue weighted by molar-refractivity contribution is 0.272. The first-order valence-corrected chi connectivity index (χ1v) is 6.84. The van der Waals surface area contributed by atoms with Crippen molar-refractivity contribution < 1.29 is 14.6 Å². The van der Waals surface area contributed by atoms with Crippen molar-refractivity contribution >= 4 is 17.8 Å². The lowest BCUT2D eigenvalue weighted by Gasteiger charge is -2.07. The molecule has 1 aliphatic rings. The number of nitrogen functional groups attached to an aromatic ring is 1. The molecule has 0 atom stereocenters. The van der Waals surface area contributed by atoms with Gasteiger partial charge in [-0.2, -0.15) is 0 Å². The van der Waals surface area contributed by atoms with E-state index in [2.05, 4.69) is 4.98 Å². The molecular weight excluding hydrogens is 280 g/mol. The summed E-state index contributed by atoms with van der Waals surface area (Å²) in [4.78, 5) is 4.32. The van der Waals surface area contributed by atoms with Crippen LogP contribution in [0.25, 0.3) is 12.2 Å². The van der Waals surface area contributed by atoms with Crippen LogP contribution in [0.3, 0.4) is 0 Å². The van der Waals surface area contributed by atoms with Gasteiger partial charge in [0.1, 0.15) is 17.3 Å². The van der Waals surface area contributed by atoms with E-state index in [1.54, 1.807) is 42.6 Å². The molecule has 3 rings (SSSR count). The zero-order valence-corrected chi connectivity index (χ0v) is 12.1. The zero-order valence-electron chi connectivity index (χ0n) is 12.1. The van der Waals surface area contributed by atoms with Crippen molar-refractivity contribution in [3.63, 3.8) is 0 Å². The van der Waals surface area contributed by atoms with Crippen LogP contribution in [-0.4, -0.2) is 17.2 Å². The Morgan fingerprint density at radius 3 is 2.68 bits per heavy atom. The Labute approximate surface area is 127 Å². The number of nitrogens with two attached hydrogens (primary N) is 1. The van der Waals surface area contributed by atoms with Crippen LogP contribution in [0, 0.1) is 0 Å². The number of aromatic nitrogens is 1. The highest BCUT2D eigenvalue weighted by molar-refractivity contribution is 5.53. The van der Waals surface area contributed by atoms with Crippen LogP contribution >= 0.6 is 0 Å². The van der Waals surface area contributed by atoms with Gasteiger partial charge in [-0.05, 0) is 36.4 Å². The standard InChI is InChI=1S/C17H16N2O3/c1-21-17-10-13-14(6-7-15(17)20)19-9-8-16(13)22-12-4-2-11(18)3-5-12/h2-6,8-10,20H,7,18H2,1H3. The number of fused-ring (bicyclic) bond motifs is 1. The van der Waals surface area contributed by atoms with E-state index in [0.717, 1.165) is 10.6 Å². The fourth-order valence-electron chi connectivity index (χ4n) is 2.22. The fourth-order valence-corrected chi connectivity index (χ4v) is 2.22. The van der Waals surface area contributed by atoms with Crippen molar-refractivity contribution in [1.29, 1.82) is 0 Å². The van der Waals surface area contributed by atoms with Crippen molar-refractivity contribution in [2.45, 2.75) is 6.42 Å². The van der Waals surface area contributed by atoms with Gasteiger partial charge in [0.2, 0.25) is 0 Å². The molecular formula is C17H16N2O3. The molecule has 0 bridgehead atoms. The molecule has 1 heterocycles. The van der Waals surface area contributed by atoms with Crippen LogP contribution in [-0.2, 0) is 4.74 Å². The van der Waals surface area contributed by atoms with Gasteiger partial charge in [-0.1, -0.05) is 6.08 Å². The number of hydrogen-bond donors (Lipinski definition) is 2. The lowest BCUT2D eigenvalue weighted by Crippen LogP contribution is -2.28. The van der Waals surface area contributed by atoms with Crippen molar-refractivity contribution in [2.75, 3.05) is 12.8 Å². The number of hydrogen-bond acceptors (Lipinski definition) is 5. The maximum Gasteiger partial charge on any atom is 0.157 e. The van der Waals surface area contributed by atoms with Gasteiger partial charge in [0, 0.05) is 23.5 Å². The third-order valence-corrected chi connectivity index (χ3v) is 3.36. The van der Waals surface area contributed by atoms with E-state index in [1.165, 1.54) is 7.11 Å². The SMILES string of the molecule is COC1=C(O)CC=c2nccc(Oc3ccc(N)cc3)c2=C1. The minimum atomic E-state index is 0.166. The summed E-state index contributed by atoms with van der Waals surface area (Å²) in [6.07, 6.45) is 5.60. The number of methoxy groups -OCH3 is 1. The fraction of sp³-hybridized carbons (Fsp3) is 0.118. The number of ether oxygens (including phenoxy) is 2. The molecule has 0 spiro atoms. The molecule has 0 saturated heterocycles. The number of pyridine rings is 1. The first-order valence-electron chi connectivity index (χ1n) is 6.84. The van der Waals surface area contributed by atoms with Gasteiger partial charge >= 0.3 is 0 Å². The van der Waals surface area contributed by atoms with Crippen LogP contribution in [0.5, 0.6) is 11.5 Å². The lowest BCUT2D eigenvalue weighted by atomic mass is 10.2. The Bertz CT molecular complexity index is 839. The molecule has 0 saturated carbocycles. The Morgan fingerprint density at radius 1 is 1.18 bits per heavy atom. The van der Waals surface area contributed by atoms with Crippen molar-refractivity contribution in [3.8, 4) is 11.5 Å². The summed E-state index contributed by atoms with van der Waals surface area (Å²) in [7, 11) is 1.52. The first-order chi connectivity index (χ1) is 10.7. The predicted molar refractivity (Wildman–Crippen MR) is 84.6 cm³/mol. The van der Waals surface area contributed by atoms with E-state index in [9.17, 15) is 5.11 Å². The third-order valence-electron chi connectivity index (χ3n) is 3.36. The van der Waals surface area contributed by atoms with Gasteiger partial charge in [0.15, 0.2) is 5.76 Å². The topological polar surface area (TPSA) is 77.6 Å². The smallest absolute Gasteiger partial charge is 0.157 e. The largest absolute Gasteiger partial charge is 0.508 e. The second kappa shape index (κ2) is 5.81. The molecule has 2 aromatic rings. The molecule has 1 aromatic heterocycles. The van der Waals surface area contributed by atoms with E-state index >= 15 is 0 Å². The Balaban J connectivity index is 2.10. The van der Waals surface area contributed by atoms with Crippen LogP contribution in [0.4, 0.5) is 5.69 Å². The van der Waals surface area contributed by atoms with E-state index in [-0.39, 0.29) is 5.76 Å². The molecule has 1 aromatic carbocycles. The van der Waals surface area contributed by atoms with Crippen LogP contribution in [0.1, 0.15) is 6.42 Å². The van der Waals surface area contributed by atoms with Gasteiger partial charge in [-0.3, -0.25) is 4.98 Å². The molecule has 5 nitrogen and oxygen atoms in total. The summed E-state index contributed by atoms with van der Waals surface area (Å²) < 4.78 is 11.1. The molecule has 112 valence electrons. The maximum absolute atomic E-state index is 9.94. The molecule has 22 heavy (non-hydrogen) atoms. The minimum absolute atomic E-state index is 0.166. The zero-order chi connectivity index (χ0) is 15.5. The van der Waals surface area contributed by atoms with E-state index in [0.29, 0.717) is 29.4 Å². The highest BCUT2D eigenvalue weighted by Gasteiger charge is 2.09. The van der Waals surface area contributed by atoms with Crippen LogP contribution in [0.2, 0.25) is 0 Å².